The van der Waals surface area contributed by atoms with Crippen LogP contribution < -0.4 is 10.6 Å². The normalized spacial score (nSPS) is 25.9. The second-order valence-electron chi connectivity index (χ2n) is 5.25. The van der Waals surface area contributed by atoms with Crippen molar-refractivity contribution >= 4 is 23.2 Å². The summed E-state index contributed by atoms with van der Waals surface area (Å²) in [4.78, 5) is 0. The molecule has 0 unspecified atom stereocenters. The summed E-state index contributed by atoms with van der Waals surface area (Å²) in [7, 11) is 0. The van der Waals surface area contributed by atoms with Gasteiger partial charge in [0.15, 0.2) is 0 Å². The van der Waals surface area contributed by atoms with Gasteiger partial charge in [0.25, 0.3) is 0 Å². The molecule has 2 aromatic rings. The molecule has 0 aromatic heterocycles. The van der Waals surface area contributed by atoms with Crippen molar-refractivity contribution in [3.8, 4) is 0 Å². The van der Waals surface area contributed by atoms with Gasteiger partial charge in [-0.05, 0) is 42.3 Å². The van der Waals surface area contributed by atoms with Gasteiger partial charge in [-0.2, -0.15) is 0 Å². The fourth-order valence-corrected chi connectivity index (χ4v) is 3.07. The molecule has 2 nitrogen and oxygen atoms in total. The lowest BCUT2D eigenvalue weighted by atomic mass is 9.82. The lowest BCUT2D eigenvalue weighted by Gasteiger charge is -2.32. The summed E-state index contributed by atoms with van der Waals surface area (Å²) in [6.45, 7) is 2.97. The minimum Gasteiger partial charge on any atom is -0.296 e. The summed E-state index contributed by atoms with van der Waals surface area (Å²) in [5.41, 5.74) is 2.27. The second kappa shape index (κ2) is 5.38. The van der Waals surface area contributed by atoms with Crippen LogP contribution in [0, 0.1) is 0 Å². The molecule has 0 saturated carbocycles. The second-order valence-corrected chi connectivity index (χ2v) is 6.12. The molecular formula is C16H16Cl2N2. The van der Waals surface area contributed by atoms with E-state index in [1.807, 2.05) is 24.3 Å². The third kappa shape index (κ3) is 2.45. The highest BCUT2D eigenvalue weighted by Gasteiger charge is 2.40. The third-order valence-corrected chi connectivity index (χ3v) is 4.49. The van der Waals surface area contributed by atoms with Crippen LogP contribution in [0.5, 0.6) is 0 Å². The Balaban J connectivity index is 1.98. The topological polar surface area (TPSA) is 24.1 Å². The zero-order valence-electron chi connectivity index (χ0n) is 11.2. The van der Waals surface area contributed by atoms with E-state index < -0.39 is 0 Å². The Labute approximate surface area is 129 Å². The van der Waals surface area contributed by atoms with Crippen LogP contribution in [0.3, 0.4) is 0 Å². The number of hydrogen-bond donors (Lipinski definition) is 2. The minimum absolute atomic E-state index is 0.168. The Morgan fingerprint density at radius 3 is 2.10 bits per heavy atom. The highest BCUT2D eigenvalue weighted by Crippen LogP contribution is 2.38. The minimum atomic E-state index is -0.168. The van der Waals surface area contributed by atoms with Gasteiger partial charge in [-0.3, -0.25) is 10.6 Å². The fraction of sp³-hybridized carbons (Fsp3) is 0.250. The maximum atomic E-state index is 5.98. The molecular weight excluding hydrogens is 291 g/mol. The van der Waals surface area contributed by atoms with Crippen molar-refractivity contribution < 1.29 is 0 Å². The Kier molecular flexibility index (Phi) is 3.74. The Hall–Kier alpha value is -1.06. The number of nitrogens with one attached hydrogen (secondary N) is 2. The molecule has 1 fully saturated rings. The van der Waals surface area contributed by atoms with Crippen molar-refractivity contribution in [3.63, 3.8) is 0 Å². The van der Waals surface area contributed by atoms with E-state index in [2.05, 4.69) is 41.8 Å². The molecule has 2 aromatic carbocycles. The summed E-state index contributed by atoms with van der Waals surface area (Å²) in [6, 6.07) is 16.2. The van der Waals surface area contributed by atoms with Crippen LogP contribution in [0.15, 0.2) is 48.5 Å². The van der Waals surface area contributed by atoms with Gasteiger partial charge < -0.3 is 0 Å². The summed E-state index contributed by atoms with van der Waals surface area (Å²) in [6.07, 6.45) is 0. The molecule has 1 aliphatic heterocycles. The van der Waals surface area contributed by atoms with Crippen molar-refractivity contribution in [1.82, 2.24) is 10.6 Å². The quantitative estimate of drug-likeness (QED) is 0.873. The van der Waals surface area contributed by atoms with Crippen LogP contribution in [0.1, 0.15) is 24.1 Å². The van der Waals surface area contributed by atoms with Gasteiger partial charge in [0.2, 0.25) is 0 Å². The molecule has 1 heterocycles. The van der Waals surface area contributed by atoms with Crippen molar-refractivity contribution in [2.24, 2.45) is 0 Å². The zero-order valence-corrected chi connectivity index (χ0v) is 12.7. The van der Waals surface area contributed by atoms with Crippen molar-refractivity contribution in [1.29, 1.82) is 0 Å². The first-order valence-corrected chi connectivity index (χ1v) is 7.35. The SMILES string of the molecule is C[C@@]1(c2ccc(Cl)cc2)NCN[C@@H]1c1ccc(Cl)cc1. The molecule has 1 saturated heterocycles. The summed E-state index contributed by atoms with van der Waals surface area (Å²) in [5.74, 6) is 0. The van der Waals surface area contributed by atoms with Crippen LogP contribution in [0.25, 0.3) is 0 Å². The molecule has 0 amide bonds. The van der Waals surface area contributed by atoms with E-state index in [9.17, 15) is 0 Å². The van der Waals surface area contributed by atoms with Crippen LogP contribution in [0.2, 0.25) is 10.0 Å². The number of hydrogen-bond acceptors (Lipinski definition) is 2. The third-order valence-electron chi connectivity index (χ3n) is 3.99. The van der Waals surface area contributed by atoms with Gasteiger partial charge >= 0.3 is 0 Å². The molecule has 0 bridgehead atoms. The molecule has 104 valence electrons. The van der Waals surface area contributed by atoms with Crippen molar-refractivity contribution in [3.05, 3.63) is 69.7 Å². The van der Waals surface area contributed by atoms with E-state index in [4.69, 9.17) is 23.2 Å². The predicted molar refractivity (Wildman–Crippen MR) is 84.1 cm³/mol. The summed E-state index contributed by atoms with van der Waals surface area (Å²) < 4.78 is 0. The van der Waals surface area contributed by atoms with Crippen LogP contribution in [-0.4, -0.2) is 6.67 Å². The predicted octanol–water partition coefficient (Wildman–Crippen LogP) is 4.10. The van der Waals surface area contributed by atoms with Crippen LogP contribution in [0.4, 0.5) is 0 Å². The van der Waals surface area contributed by atoms with Crippen LogP contribution in [-0.2, 0) is 5.54 Å². The van der Waals surface area contributed by atoms with Gasteiger partial charge in [-0.1, -0.05) is 47.5 Å². The Morgan fingerprint density at radius 1 is 0.950 bits per heavy atom. The highest BCUT2D eigenvalue weighted by molar-refractivity contribution is 6.30. The lowest BCUT2D eigenvalue weighted by Crippen LogP contribution is -2.38. The molecule has 0 aliphatic carbocycles. The van der Waals surface area contributed by atoms with Gasteiger partial charge in [-0.25, -0.2) is 0 Å². The molecule has 2 N–H and O–H groups in total. The van der Waals surface area contributed by atoms with Gasteiger partial charge in [0, 0.05) is 16.7 Å². The van der Waals surface area contributed by atoms with Gasteiger partial charge in [0.05, 0.1) is 11.6 Å². The van der Waals surface area contributed by atoms with Crippen LogP contribution >= 0.6 is 23.2 Å². The van der Waals surface area contributed by atoms with E-state index in [1.54, 1.807) is 0 Å². The van der Waals surface area contributed by atoms with E-state index in [0.29, 0.717) is 0 Å². The molecule has 20 heavy (non-hydrogen) atoms. The fourth-order valence-electron chi connectivity index (χ4n) is 2.81. The molecule has 3 rings (SSSR count). The molecule has 0 radical (unpaired) electrons. The summed E-state index contributed by atoms with van der Waals surface area (Å²) >= 11 is 12.0. The molecule has 0 spiro atoms. The molecule has 4 heteroatoms. The lowest BCUT2D eigenvalue weighted by molar-refractivity contribution is 0.375. The monoisotopic (exact) mass is 306 g/mol. The van der Waals surface area contributed by atoms with E-state index in [-0.39, 0.29) is 11.6 Å². The Morgan fingerprint density at radius 2 is 1.50 bits per heavy atom. The molecule has 2 atom stereocenters. The van der Waals surface area contributed by atoms with E-state index in [0.717, 1.165) is 16.7 Å². The van der Waals surface area contributed by atoms with E-state index >= 15 is 0 Å². The summed E-state index contributed by atoms with van der Waals surface area (Å²) in [5, 5.41) is 8.57. The maximum Gasteiger partial charge on any atom is 0.0613 e. The largest absolute Gasteiger partial charge is 0.296 e. The first-order valence-electron chi connectivity index (χ1n) is 6.59. The number of benzene rings is 2. The number of rotatable bonds is 2. The standard InChI is InChI=1S/C16H16Cl2N2/c1-16(12-4-8-14(18)9-5-12)15(19-10-20-16)11-2-6-13(17)7-3-11/h2-9,15,19-20H,10H2,1H3/t15-,16+/m1/s1. The van der Waals surface area contributed by atoms with Gasteiger partial charge in [0.1, 0.15) is 0 Å². The number of halogens is 2. The average molecular weight is 307 g/mol. The smallest absolute Gasteiger partial charge is 0.0613 e. The highest BCUT2D eigenvalue weighted by atomic mass is 35.5. The van der Waals surface area contributed by atoms with Crippen molar-refractivity contribution in [2.75, 3.05) is 6.67 Å². The van der Waals surface area contributed by atoms with Crippen molar-refractivity contribution in [2.45, 2.75) is 18.5 Å². The first-order chi connectivity index (χ1) is 9.59. The van der Waals surface area contributed by atoms with Gasteiger partial charge in [-0.15, -0.1) is 0 Å². The zero-order chi connectivity index (χ0) is 14.2. The molecule has 1 aliphatic rings. The maximum absolute atomic E-state index is 5.98. The average Bonchev–Trinajstić information content (AvgIpc) is 2.84. The van der Waals surface area contributed by atoms with E-state index in [1.165, 1.54) is 11.1 Å². The Bertz CT molecular complexity index is 595. The first kappa shape index (κ1) is 13.9.